The maximum absolute atomic E-state index is 12.5. The van der Waals surface area contributed by atoms with Crippen LogP contribution in [0.3, 0.4) is 0 Å². The molecule has 0 radical (unpaired) electrons. The number of hydrogen-bond donors (Lipinski definition) is 0. The van der Waals surface area contributed by atoms with Gasteiger partial charge in [0.2, 0.25) is 0 Å². The molecule has 0 spiro atoms. The van der Waals surface area contributed by atoms with Crippen molar-refractivity contribution in [3.63, 3.8) is 0 Å². The number of esters is 1. The number of methoxy groups -OCH3 is 1. The fourth-order valence-corrected chi connectivity index (χ4v) is 3.37. The SMILES string of the molecule is CCCOc1ccc2cc(C(=O)OC)c3cc(OCCC)c(OCCC)cc3c2c1. The van der Waals surface area contributed by atoms with Gasteiger partial charge >= 0.3 is 5.97 Å². The highest BCUT2D eigenvalue weighted by Gasteiger charge is 2.18. The van der Waals surface area contributed by atoms with Crippen LogP contribution >= 0.6 is 0 Å². The molecule has 0 N–H and O–H groups in total. The molecule has 30 heavy (non-hydrogen) atoms. The summed E-state index contributed by atoms with van der Waals surface area (Å²) in [5, 5.41) is 3.62. The quantitative estimate of drug-likeness (QED) is 0.296. The molecule has 0 aliphatic carbocycles. The molecule has 0 saturated heterocycles. The van der Waals surface area contributed by atoms with Crippen molar-refractivity contribution in [1.82, 2.24) is 0 Å². The Balaban J connectivity index is 2.28. The Morgan fingerprint density at radius 1 is 0.733 bits per heavy atom. The smallest absolute Gasteiger partial charge is 0.338 e. The van der Waals surface area contributed by atoms with Gasteiger partial charge in [-0.3, -0.25) is 0 Å². The number of fused-ring (bicyclic) bond motifs is 3. The highest BCUT2D eigenvalue weighted by atomic mass is 16.5. The van der Waals surface area contributed by atoms with E-state index < -0.39 is 0 Å². The van der Waals surface area contributed by atoms with Crippen molar-refractivity contribution in [2.24, 2.45) is 0 Å². The molecule has 0 heterocycles. The van der Waals surface area contributed by atoms with Crippen LogP contribution < -0.4 is 14.2 Å². The van der Waals surface area contributed by atoms with Crippen LogP contribution in [0.15, 0.2) is 36.4 Å². The van der Waals surface area contributed by atoms with Crippen molar-refractivity contribution in [2.45, 2.75) is 40.0 Å². The minimum atomic E-state index is -0.378. The molecular weight excluding hydrogens is 380 g/mol. The average Bonchev–Trinajstić information content (AvgIpc) is 2.78. The highest BCUT2D eigenvalue weighted by molar-refractivity contribution is 6.17. The van der Waals surface area contributed by atoms with Crippen LogP contribution in [0.2, 0.25) is 0 Å². The van der Waals surface area contributed by atoms with Crippen LogP contribution in [-0.4, -0.2) is 32.9 Å². The zero-order valence-electron chi connectivity index (χ0n) is 18.2. The van der Waals surface area contributed by atoms with Crippen molar-refractivity contribution in [2.75, 3.05) is 26.9 Å². The molecule has 0 aromatic heterocycles. The summed E-state index contributed by atoms with van der Waals surface area (Å²) in [5.74, 6) is 1.75. The van der Waals surface area contributed by atoms with Gasteiger partial charge in [0.15, 0.2) is 11.5 Å². The first-order chi connectivity index (χ1) is 14.6. The zero-order chi connectivity index (χ0) is 21.5. The molecule has 0 amide bonds. The van der Waals surface area contributed by atoms with Gasteiger partial charge in [-0.15, -0.1) is 0 Å². The van der Waals surface area contributed by atoms with Crippen molar-refractivity contribution in [3.05, 3.63) is 42.0 Å². The molecule has 3 rings (SSSR count). The summed E-state index contributed by atoms with van der Waals surface area (Å²) < 4.78 is 22.8. The van der Waals surface area contributed by atoms with Gasteiger partial charge in [-0.1, -0.05) is 26.8 Å². The van der Waals surface area contributed by atoms with Gasteiger partial charge in [0.25, 0.3) is 0 Å². The summed E-state index contributed by atoms with van der Waals surface area (Å²) in [6.45, 7) is 8.02. The van der Waals surface area contributed by atoms with E-state index in [-0.39, 0.29) is 5.97 Å². The molecule has 0 aliphatic heterocycles. The van der Waals surface area contributed by atoms with Crippen LogP contribution in [-0.2, 0) is 4.74 Å². The Morgan fingerprint density at radius 2 is 1.33 bits per heavy atom. The first kappa shape index (κ1) is 21.8. The number of benzene rings is 3. The van der Waals surface area contributed by atoms with Gasteiger partial charge in [-0.05, 0) is 65.8 Å². The van der Waals surface area contributed by atoms with Crippen LogP contribution in [0.25, 0.3) is 21.5 Å². The number of ether oxygens (including phenoxy) is 4. The third-order valence-corrected chi connectivity index (χ3v) is 4.79. The standard InChI is InChI=1S/C25H30O5/c1-5-10-28-18-9-8-17-13-22(25(26)27-4)21-16-24(30-12-7-3)23(29-11-6-2)15-20(21)19(17)14-18/h8-9,13-16H,5-7,10-12H2,1-4H3. The van der Waals surface area contributed by atoms with E-state index in [0.717, 1.165) is 46.6 Å². The van der Waals surface area contributed by atoms with Crippen LogP contribution in [0.4, 0.5) is 0 Å². The van der Waals surface area contributed by atoms with Crippen LogP contribution in [0.1, 0.15) is 50.4 Å². The molecule has 5 heteroatoms. The Morgan fingerprint density at radius 3 is 1.93 bits per heavy atom. The summed E-state index contributed by atoms with van der Waals surface area (Å²) in [4.78, 5) is 12.5. The first-order valence-electron chi connectivity index (χ1n) is 10.6. The largest absolute Gasteiger partial charge is 0.494 e. The summed E-state index contributed by atoms with van der Waals surface area (Å²) in [5.41, 5.74) is 0.505. The van der Waals surface area contributed by atoms with E-state index >= 15 is 0 Å². The lowest BCUT2D eigenvalue weighted by Crippen LogP contribution is -2.05. The van der Waals surface area contributed by atoms with E-state index in [1.807, 2.05) is 36.4 Å². The monoisotopic (exact) mass is 410 g/mol. The van der Waals surface area contributed by atoms with E-state index in [2.05, 4.69) is 20.8 Å². The molecule has 0 atom stereocenters. The summed E-state index contributed by atoms with van der Waals surface area (Å²) >= 11 is 0. The van der Waals surface area contributed by atoms with Crippen molar-refractivity contribution >= 4 is 27.5 Å². The zero-order valence-corrected chi connectivity index (χ0v) is 18.2. The Bertz CT molecular complexity index is 1030. The molecule has 0 bridgehead atoms. The van der Waals surface area contributed by atoms with E-state index in [0.29, 0.717) is 36.9 Å². The molecule has 5 nitrogen and oxygen atoms in total. The van der Waals surface area contributed by atoms with E-state index in [4.69, 9.17) is 18.9 Å². The van der Waals surface area contributed by atoms with Crippen LogP contribution in [0, 0.1) is 0 Å². The van der Waals surface area contributed by atoms with Crippen molar-refractivity contribution in [3.8, 4) is 17.2 Å². The van der Waals surface area contributed by atoms with Gasteiger partial charge in [0.1, 0.15) is 5.75 Å². The molecule has 0 aliphatic rings. The molecule has 0 unspecified atom stereocenters. The molecule has 3 aromatic rings. The minimum Gasteiger partial charge on any atom is -0.494 e. The van der Waals surface area contributed by atoms with Crippen molar-refractivity contribution < 1.29 is 23.7 Å². The normalized spacial score (nSPS) is 10.9. The fourth-order valence-electron chi connectivity index (χ4n) is 3.37. The maximum Gasteiger partial charge on any atom is 0.338 e. The Kier molecular flexibility index (Phi) is 7.39. The second-order valence-corrected chi connectivity index (χ2v) is 7.19. The van der Waals surface area contributed by atoms with E-state index in [1.165, 1.54) is 7.11 Å². The van der Waals surface area contributed by atoms with Crippen LogP contribution in [0.5, 0.6) is 17.2 Å². The summed E-state index contributed by atoms with van der Waals surface area (Å²) in [6, 6.07) is 11.6. The molecule has 0 fully saturated rings. The first-order valence-corrected chi connectivity index (χ1v) is 10.6. The molecule has 3 aromatic carbocycles. The molecule has 160 valence electrons. The molecular formula is C25H30O5. The lowest BCUT2D eigenvalue weighted by Gasteiger charge is -2.16. The van der Waals surface area contributed by atoms with Gasteiger partial charge in [0.05, 0.1) is 32.5 Å². The summed E-state index contributed by atoms with van der Waals surface area (Å²) in [7, 11) is 1.40. The summed E-state index contributed by atoms with van der Waals surface area (Å²) in [6.07, 6.45) is 2.71. The number of carbonyl (C=O) groups excluding carboxylic acids is 1. The lowest BCUT2D eigenvalue weighted by molar-refractivity contribution is 0.0603. The predicted octanol–water partition coefficient (Wildman–Crippen LogP) is 6.15. The van der Waals surface area contributed by atoms with Gasteiger partial charge in [-0.25, -0.2) is 4.79 Å². The average molecular weight is 411 g/mol. The minimum absolute atomic E-state index is 0.378. The van der Waals surface area contributed by atoms with Gasteiger partial charge < -0.3 is 18.9 Å². The lowest BCUT2D eigenvalue weighted by atomic mass is 9.96. The van der Waals surface area contributed by atoms with E-state index in [9.17, 15) is 4.79 Å². The van der Waals surface area contributed by atoms with E-state index in [1.54, 1.807) is 0 Å². The van der Waals surface area contributed by atoms with Gasteiger partial charge in [0, 0.05) is 5.39 Å². The third-order valence-electron chi connectivity index (χ3n) is 4.79. The predicted molar refractivity (Wildman–Crippen MR) is 120 cm³/mol. The second kappa shape index (κ2) is 10.2. The number of hydrogen-bond acceptors (Lipinski definition) is 5. The third kappa shape index (κ3) is 4.61. The molecule has 0 saturated carbocycles. The Labute approximate surface area is 177 Å². The number of rotatable bonds is 10. The second-order valence-electron chi connectivity index (χ2n) is 7.19. The van der Waals surface area contributed by atoms with Gasteiger partial charge in [-0.2, -0.15) is 0 Å². The fraction of sp³-hybridized carbons (Fsp3) is 0.400. The topological polar surface area (TPSA) is 54.0 Å². The Hall–Kier alpha value is -2.95. The number of carbonyl (C=O) groups is 1. The van der Waals surface area contributed by atoms with Crippen molar-refractivity contribution in [1.29, 1.82) is 0 Å². The highest BCUT2D eigenvalue weighted by Crippen LogP contribution is 2.39. The maximum atomic E-state index is 12.5.